The van der Waals surface area contributed by atoms with Crippen molar-refractivity contribution in [1.29, 1.82) is 0 Å². The Balaban J connectivity index is 1.69. The molecule has 1 saturated carbocycles. The first-order chi connectivity index (χ1) is 9.08. The van der Waals surface area contributed by atoms with Gasteiger partial charge in [0.25, 0.3) is 0 Å². The van der Waals surface area contributed by atoms with Crippen LogP contribution in [0.15, 0.2) is 0 Å². The van der Waals surface area contributed by atoms with Crippen LogP contribution >= 0.6 is 0 Å². The number of amides is 2. The van der Waals surface area contributed by atoms with Gasteiger partial charge in [-0.05, 0) is 45.1 Å². The van der Waals surface area contributed by atoms with Gasteiger partial charge in [0, 0.05) is 19.0 Å². The van der Waals surface area contributed by atoms with E-state index in [-0.39, 0.29) is 23.9 Å². The SMILES string of the molecule is CC(C)NC(=O)CCNC(=O)C1NCC2CCCC21. The Bertz CT molecular complexity index is 344. The van der Waals surface area contributed by atoms with Crippen molar-refractivity contribution in [2.24, 2.45) is 11.8 Å². The Morgan fingerprint density at radius 3 is 2.84 bits per heavy atom. The van der Waals surface area contributed by atoms with Gasteiger partial charge in [0.15, 0.2) is 0 Å². The van der Waals surface area contributed by atoms with Crippen LogP contribution in [0.2, 0.25) is 0 Å². The molecule has 0 aromatic rings. The van der Waals surface area contributed by atoms with Crippen molar-refractivity contribution in [3.63, 3.8) is 0 Å². The molecule has 2 rings (SSSR count). The molecule has 1 aliphatic heterocycles. The van der Waals surface area contributed by atoms with E-state index in [1.54, 1.807) is 0 Å². The van der Waals surface area contributed by atoms with Gasteiger partial charge in [0.2, 0.25) is 11.8 Å². The highest BCUT2D eigenvalue weighted by atomic mass is 16.2. The summed E-state index contributed by atoms with van der Waals surface area (Å²) in [5, 5.41) is 9.01. The molecule has 108 valence electrons. The lowest BCUT2D eigenvalue weighted by molar-refractivity contribution is -0.124. The third-order valence-electron chi connectivity index (χ3n) is 4.13. The zero-order valence-electron chi connectivity index (χ0n) is 11.9. The molecule has 1 heterocycles. The van der Waals surface area contributed by atoms with E-state index in [4.69, 9.17) is 0 Å². The quantitative estimate of drug-likeness (QED) is 0.675. The minimum Gasteiger partial charge on any atom is -0.354 e. The minimum atomic E-state index is -0.0411. The third kappa shape index (κ3) is 3.69. The second-order valence-corrected chi connectivity index (χ2v) is 6.00. The molecule has 1 aliphatic carbocycles. The maximum Gasteiger partial charge on any atom is 0.237 e. The third-order valence-corrected chi connectivity index (χ3v) is 4.13. The number of rotatable bonds is 5. The molecule has 3 atom stereocenters. The lowest BCUT2D eigenvalue weighted by Gasteiger charge is -2.17. The lowest BCUT2D eigenvalue weighted by atomic mass is 9.93. The van der Waals surface area contributed by atoms with E-state index in [1.807, 2.05) is 13.8 Å². The molecule has 2 amide bonds. The Morgan fingerprint density at radius 2 is 2.11 bits per heavy atom. The fraction of sp³-hybridized carbons (Fsp3) is 0.857. The molecule has 19 heavy (non-hydrogen) atoms. The predicted octanol–water partition coefficient (Wildman–Crippen LogP) is 0.405. The summed E-state index contributed by atoms with van der Waals surface area (Å²) in [5.41, 5.74) is 0. The van der Waals surface area contributed by atoms with Crippen LogP contribution in [0.3, 0.4) is 0 Å². The molecule has 3 N–H and O–H groups in total. The van der Waals surface area contributed by atoms with Crippen LogP contribution in [0.5, 0.6) is 0 Å². The summed E-state index contributed by atoms with van der Waals surface area (Å²) in [7, 11) is 0. The summed E-state index contributed by atoms with van der Waals surface area (Å²) in [6.45, 7) is 5.25. The Labute approximate surface area is 114 Å². The number of carbonyl (C=O) groups is 2. The topological polar surface area (TPSA) is 70.2 Å². The van der Waals surface area contributed by atoms with Crippen molar-refractivity contribution in [2.45, 2.75) is 51.6 Å². The highest BCUT2D eigenvalue weighted by molar-refractivity contribution is 5.83. The summed E-state index contributed by atoms with van der Waals surface area (Å²) >= 11 is 0. The lowest BCUT2D eigenvalue weighted by Crippen LogP contribution is -2.45. The van der Waals surface area contributed by atoms with E-state index in [2.05, 4.69) is 16.0 Å². The molecule has 0 bridgehead atoms. The summed E-state index contributed by atoms with van der Waals surface area (Å²) in [4.78, 5) is 23.5. The van der Waals surface area contributed by atoms with Crippen LogP contribution in [0.4, 0.5) is 0 Å². The van der Waals surface area contributed by atoms with Gasteiger partial charge in [-0.1, -0.05) is 6.42 Å². The van der Waals surface area contributed by atoms with Crippen molar-refractivity contribution in [3.05, 3.63) is 0 Å². The highest BCUT2D eigenvalue weighted by Crippen LogP contribution is 2.37. The molecule has 2 fully saturated rings. The van der Waals surface area contributed by atoms with Crippen molar-refractivity contribution in [1.82, 2.24) is 16.0 Å². The summed E-state index contributed by atoms with van der Waals surface area (Å²) in [5.74, 6) is 1.24. The molecule has 1 saturated heterocycles. The predicted molar refractivity (Wildman–Crippen MR) is 73.5 cm³/mol. The van der Waals surface area contributed by atoms with Crippen LogP contribution in [0.25, 0.3) is 0 Å². The zero-order chi connectivity index (χ0) is 13.8. The average molecular weight is 267 g/mol. The Kier molecular flexibility index (Phi) is 4.80. The molecule has 0 aromatic carbocycles. The fourth-order valence-electron chi connectivity index (χ4n) is 3.28. The van der Waals surface area contributed by atoms with Crippen molar-refractivity contribution >= 4 is 11.8 Å². The smallest absolute Gasteiger partial charge is 0.237 e. The van der Waals surface area contributed by atoms with Crippen molar-refractivity contribution in [3.8, 4) is 0 Å². The Hall–Kier alpha value is -1.10. The molecule has 5 nitrogen and oxygen atoms in total. The number of carbonyl (C=O) groups excluding carboxylic acids is 2. The van der Waals surface area contributed by atoms with Crippen LogP contribution in [0, 0.1) is 11.8 Å². The van der Waals surface area contributed by atoms with Gasteiger partial charge in [0.1, 0.15) is 0 Å². The molecule has 0 spiro atoms. The normalized spacial score (nSPS) is 29.3. The van der Waals surface area contributed by atoms with E-state index in [0.29, 0.717) is 24.8 Å². The summed E-state index contributed by atoms with van der Waals surface area (Å²) in [6, 6.07) is 0.111. The standard InChI is InChI=1S/C14H25N3O2/c1-9(2)17-12(18)6-7-15-14(19)13-11-5-3-4-10(11)8-16-13/h9-11,13,16H,3-8H2,1-2H3,(H,15,19)(H,17,18). The van der Waals surface area contributed by atoms with E-state index in [1.165, 1.54) is 12.8 Å². The Morgan fingerprint density at radius 1 is 1.32 bits per heavy atom. The maximum absolute atomic E-state index is 12.1. The second kappa shape index (κ2) is 6.37. The van der Waals surface area contributed by atoms with E-state index >= 15 is 0 Å². The summed E-state index contributed by atoms with van der Waals surface area (Å²) in [6.07, 6.45) is 4.00. The molecule has 0 radical (unpaired) electrons. The fourth-order valence-corrected chi connectivity index (χ4v) is 3.28. The molecular formula is C14H25N3O2. The highest BCUT2D eigenvalue weighted by Gasteiger charge is 2.42. The van der Waals surface area contributed by atoms with E-state index in [0.717, 1.165) is 13.0 Å². The molecule has 0 aromatic heterocycles. The van der Waals surface area contributed by atoms with E-state index < -0.39 is 0 Å². The zero-order valence-corrected chi connectivity index (χ0v) is 11.9. The number of fused-ring (bicyclic) bond motifs is 1. The van der Waals surface area contributed by atoms with Gasteiger partial charge >= 0.3 is 0 Å². The largest absolute Gasteiger partial charge is 0.354 e. The number of hydrogen-bond acceptors (Lipinski definition) is 3. The van der Waals surface area contributed by atoms with Gasteiger partial charge in [-0.15, -0.1) is 0 Å². The van der Waals surface area contributed by atoms with Gasteiger partial charge in [-0.3, -0.25) is 9.59 Å². The van der Waals surface area contributed by atoms with Gasteiger partial charge in [-0.25, -0.2) is 0 Å². The van der Waals surface area contributed by atoms with E-state index in [9.17, 15) is 9.59 Å². The van der Waals surface area contributed by atoms with Crippen molar-refractivity contribution in [2.75, 3.05) is 13.1 Å². The summed E-state index contributed by atoms with van der Waals surface area (Å²) < 4.78 is 0. The van der Waals surface area contributed by atoms with Gasteiger partial charge in [0.05, 0.1) is 6.04 Å². The van der Waals surface area contributed by atoms with Gasteiger partial charge in [-0.2, -0.15) is 0 Å². The molecule has 5 heteroatoms. The second-order valence-electron chi connectivity index (χ2n) is 6.00. The van der Waals surface area contributed by atoms with Crippen LogP contribution in [0.1, 0.15) is 39.5 Å². The number of hydrogen-bond donors (Lipinski definition) is 3. The molecule has 2 aliphatic rings. The van der Waals surface area contributed by atoms with Crippen LogP contribution < -0.4 is 16.0 Å². The monoisotopic (exact) mass is 267 g/mol. The van der Waals surface area contributed by atoms with Gasteiger partial charge < -0.3 is 16.0 Å². The number of nitrogens with one attached hydrogen (secondary N) is 3. The minimum absolute atomic E-state index is 0.00609. The maximum atomic E-state index is 12.1. The van der Waals surface area contributed by atoms with Crippen LogP contribution in [-0.4, -0.2) is 37.0 Å². The first-order valence-corrected chi connectivity index (χ1v) is 7.38. The first-order valence-electron chi connectivity index (χ1n) is 7.38. The van der Waals surface area contributed by atoms with Crippen LogP contribution in [-0.2, 0) is 9.59 Å². The molecular weight excluding hydrogens is 242 g/mol. The van der Waals surface area contributed by atoms with Crippen molar-refractivity contribution < 1.29 is 9.59 Å². The average Bonchev–Trinajstić information content (AvgIpc) is 2.88. The molecule has 3 unspecified atom stereocenters. The first kappa shape index (κ1) is 14.3.